The highest BCUT2D eigenvalue weighted by atomic mass is 35.5. The van der Waals surface area contributed by atoms with Gasteiger partial charge in [-0.2, -0.15) is 18.3 Å². The summed E-state index contributed by atoms with van der Waals surface area (Å²) in [5.74, 6) is -0.476. The number of alkyl halides is 3. The third kappa shape index (κ3) is 3.20. The molecule has 1 aromatic heterocycles. The zero-order chi connectivity index (χ0) is 18.4. The van der Waals surface area contributed by atoms with Gasteiger partial charge >= 0.3 is 6.18 Å². The lowest BCUT2D eigenvalue weighted by Crippen LogP contribution is -2.10. The summed E-state index contributed by atoms with van der Waals surface area (Å²) >= 11 is 11.8. The first-order valence-corrected chi connectivity index (χ1v) is 8.95. The van der Waals surface area contributed by atoms with Crippen molar-refractivity contribution in [2.24, 2.45) is 0 Å². The number of aromatic nitrogens is 2. The molecule has 0 saturated heterocycles. The molecular weight excluding hydrogens is 390 g/mol. The number of halogens is 5. The van der Waals surface area contributed by atoms with Crippen LogP contribution < -0.4 is 5.73 Å². The molecular formula is C13H12Cl2F3N3O2S. The molecule has 2 N–H and O–H groups in total. The van der Waals surface area contributed by atoms with E-state index in [1.165, 1.54) is 13.8 Å². The van der Waals surface area contributed by atoms with Crippen LogP contribution in [-0.4, -0.2) is 24.0 Å². The molecule has 0 aliphatic heterocycles. The summed E-state index contributed by atoms with van der Waals surface area (Å²) in [6, 6.07) is 1.35. The number of benzene rings is 1. The summed E-state index contributed by atoms with van der Waals surface area (Å²) in [6.45, 7) is 2.85. The quantitative estimate of drug-likeness (QED) is 0.845. The van der Waals surface area contributed by atoms with Crippen LogP contribution in [0.2, 0.25) is 10.0 Å². The molecule has 0 radical (unpaired) electrons. The zero-order valence-electron chi connectivity index (χ0n) is 12.4. The van der Waals surface area contributed by atoms with Crippen LogP contribution in [0.1, 0.15) is 18.2 Å². The van der Waals surface area contributed by atoms with Crippen LogP contribution in [0.15, 0.2) is 17.0 Å². The van der Waals surface area contributed by atoms with Crippen molar-refractivity contribution in [1.29, 1.82) is 0 Å². The predicted octanol–water partition coefficient (Wildman–Crippen LogP) is 3.88. The van der Waals surface area contributed by atoms with Gasteiger partial charge in [0.2, 0.25) is 0 Å². The van der Waals surface area contributed by atoms with Crippen molar-refractivity contribution in [3.05, 3.63) is 33.4 Å². The molecule has 1 heterocycles. The Kier molecular flexibility index (Phi) is 4.82. The van der Waals surface area contributed by atoms with Crippen LogP contribution in [0.3, 0.4) is 0 Å². The minimum atomic E-state index is -4.63. The molecule has 0 amide bonds. The Hall–Kier alpha value is -1.45. The van der Waals surface area contributed by atoms with E-state index in [9.17, 15) is 21.6 Å². The third-order valence-electron chi connectivity index (χ3n) is 3.29. The second-order valence-electron chi connectivity index (χ2n) is 4.90. The first-order chi connectivity index (χ1) is 10.9. The molecule has 0 atom stereocenters. The molecule has 0 fully saturated rings. The number of aryl methyl sites for hydroxylation is 1. The standard InChI is InChI=1S/C13H12Cl2F3N3O2S/c1-3-24(22,23)11-6(2)20-21(12(11)19)10-8(14)4-7(5-9(10)15)13(16,17)18/h4-5H,3,19H2,1-2H3. The maximum atomic E-state index is 12.8. The number of hydrogen-bond acceptors (Lipinski definition) is 4. The molecule has 2 rings (SSSR count). The Morgan fingerprint density at radius 1 is 1.25 bits per heavy atom. The van der Waals surface area contributed by atoms with E-state index in [0.29, 0.717) is 12.1 Å². The summed E-state index contributed by atoms with van der Waals surface area (Å²) in [4.78, 5) is -0.197. The van der Waals surface area contributed by atoms with E-state index in [0.717, 1.165) is 4.68 Å². The van der Waals surface area contributed by atoms with E-state index >= 15 is 0 Å². The van der Waals surface area contributed by atoms with Crippen LogP contribution in [0.4, 0.5) is 19.0 Å². The van der Waals surface area contributed by atoms with E-state index in [1.54, 1.807) is 0 Å². The van der Waals surface area contributed by atoms with E-state index in [2.05, 4.69) is 5.10 Å². The Bertz CT molecular complexity index is 885. The number of sulfone groups is 1. The Labute approximate surface area is 146 Å². The van der Waals surface area contributed by atoms with Crippen LogP contribution in [-0.2, 0) is 16.0 Å². The van der Waals surface area contributed by atoms with Gasteiger partial charge in [0.05, 0.1) is 27.1 Å². The average molecular weight is 402 g/mol. The fourth-order valence-corrected chi connectivity index (χ4v) is 3.99. The topological polar surface area (TPSA) is 78.0 Å². The average Bonchev–Trinajstić information content (AvgIpc) is 2.72. The van der Waals surface area contributed by atoms with Gasteiger partial charge in [0.25, 0.3) is 0 Å². The third-order valence-corrected chi connectivity index (χ3v) is 5.75. The predicted molar refractivity (Wildman–Crippen MR) is 85.5 cm³/mol. The SMILES string of the molecule is CCS(=O)(=O)c1c(C)nn(-c2c(Cl)cc(C(F)(F)F)cc2Cl)c1N. The molecule has 5 nitrogen and oxygen atoms in total. The normalized spacial score (nSPS) is 12.6. The highest BCUT2D eigenvalue weighted by molar-refractivity contribution is 7.91. The Morgan fingerprint density at radius 2 is 1.75 bits per heavy atom. The minimum absolute atomic E-state index is 0.0985. The van der Waals surface area contributed by atoms with Gasteiger partial charge in [0.1, 0.15) is 16.4 Å². The number of rotatable bonds is 3. The summed E-state index contributed by atoms with van der Waals surface area (Å²) in [7, 11) is -3.68. The fraction of sp³-hybridized carbons (Fsp3) is 0.308. The monoisotopic (exact) mass is 401 g/mol. The summed E-state index contributed by atoms with van der Waals surface area (Å²) < 4.78 is 63.5. The highest BCUT2D eigenvalue weighted by Crippen LogP contribution is 2.39. The lowest BCUT2D eigenvalue weighted by atomic mass is 10.2. The number of nitrogens with two attached hydrogens (primary N) is 1. The maximum Gasteiger partial charge on any atom is 0.416 e. The Balaban J connectivity index is 2.74. The molecule has 0 bridgehead atoms. The van der Waals surface area contributed by atoms with Gasteiger partial charge < -0.3 is 5.73 Å². The van der Waals surface area contributed by atoms with Crippen molar-refractivity contribution in [3.8, 4) is 5.69 Å². The lowest BCUT2D eigenvalue weighted by molar-refractivity contribution is -0.137. The van der Waals surface area contributed by atoms with E-state index in [-0.39, 0.29) is 37.9 Å². The minimum Gasteiger partial charge on any atom is -0.382 e. The fourth-order valence-electron chi connectivity index (χ4n) is 2.16. The maximum absolute atomic E-state index is 12.8. The van der Waals surface area contributed by atoms with Crippen molar-refractivity contribution in [2.75, 3.05) is 11.5 Å². The molecule has 132 valence electrons. The molecule has 0 saturated carbocycles. The van der Waals surface area contributed by atoms with Crippen LogP contribution in [0, 0.1) is 6.92 Å². The highest BCUT2D eigenvalue weighted by Gasteiger charge is 2.33. The van der Waals surface area contributed by atoms with Crippen LogP contribution >= 0.6 is 23.2 Å². The molecule has 1 aromatic carbocycles. The molecule has 0 aliphatic carbocycles. The molecule has 24 heavy (non-hydrogen) atoms. The number of nitrogen functional groups attached to an aromatic ring is 1. The van der Waals surface area contributed by atoms with Crippen LogP contribution in [0.25, 0.3) is 5.69 Å². The molecule has 2 aromatic rings. The van der Waals surface area contributed by atoms with Gasteiger partial charge in [-0.05, 0) is 19.1 Å². The molecule has 0 aliphatic rings. The number of anilines is 1. The summed E-state index contributed by atoms with van der Waals surface area (Å²) in [5.41, 5.74) is 4.78. The molecule has 0 unspecified atom stereocenters. The van der Waals surface area contributed by atoms with Gasteiger partial charge in [-0.3, -0.25) is 0 Å². The van der Waals surface area contributed by atoms with Gasteiger partial charge in [-0.15, -0.1) is 0 Å². The van der Waals surface area contributed by atoms with Gasteiger partial charge in [-0.1, -0.05) is 30.1 Å². The second-order valence-corrected chi connectivity index (χ2v) is 7.93. The van der Waals surface area contributed by atoms with Crippen molar-refractivity contribution >= 4 is 38.9 Å². The van der Waals surface area contributed by atoms with Gasteiger partial charge in [0.15, 0.2) is 9.84 Å². The van der Waals surface area contributed by atoms with Crippen molar-refractivity contribution in [1.82, 2.24) is 9.78 Å². The first kappa shape index (κ1) is 18.9. The summed E-state index contributed by atoms with van der Waals surface area (Å²) in [6.07, 6.45) is -4.63. The largest absolute Gasteiger partial charge is 0.416 e. The second kappa shape index (κ2) is 6.12. The summed E-state index contributed by atoms with van der Waals surface area (Å²) in [5, 5.41) is 3.26. The van der Waals surface area contributed by atoms with Crippen molar-refractivity contribution < 1.29 is 21.6 Å². The smallest absolute Gasteiger partial charge is 0.382 e. The van der Waals surface area contributed by atoms with Crippen molar-refractivity contribution in [3.63, 3.8) is 0 Å². The van der Waals surface area contributed by atoms with Crippen molar-refractivity contribution in [2.45, 2.75) is 24.9 Å². The van der Waals surface area contributed by atoms with Gasteiger partial charge in [-0.25, -0.2) is 13.1 Å². The molecule has 11 heteroatoms. The van der Waals surface area contributed by atoms with E-state index < -0.39 is 21.6 Å². The zero-order valence-corrected chi connectivity index (χ0v) is 14.8. The van der Waals surface area contributed by atoms with Crippen LogP contribution in [0.5, 0.6) is 0 Å². The molecule has 0 spiro atoms. The number of nitrogens with zero attached hydrogens (tertiary/aromatic N) is 2. The number of hydrogen-bond donors (Lipinski definition) is 1. The van der Waals surface area contributed by atoms with E-state index in [1.807, 2.05) is 0 Å². The van der Waals surface area contributed by atoms with Gasteiger partial charge in [0, 0.05) is 0 Å². The Morgan fingerprint density at radius 3 is 2.17 bits per heavy atom. The first-order valence-electron chi connectivity index (χ1n) is 6.54. The lowest BCUT2D eigenvalue weighted by Gasteiger charge is -2.13. The van der Waals surface area contributed by atoms with E-state index in [4.69, 9.17) is 28.9 Å².